The summed E-state index contributed by atoms with van der Waals surface area (Å²) < 4.78 is 2.23. The number of hydrogen-bond donors (Lipinski definition) is 0. The lowest BCUT2D eigenvalue weighted by atomic mass is 9.83. The molecule has 2 amide bonds. The molecule has 0 bridgehead atoms. The van der Waals surface area contributed by atoms with Crippen molar-refractivity contribution in [2.75, 3.05) is 13.1 Å². The number of aromatic nitrogens is 1. The van der Waals surface area contributed by atoms with E-state index in [1.165, 1.54) is 5.56 Å². The number of amides is 2. The molecule has 160 valence electrons. The van der Waals surface area contributed by atoms with Crippen LogP contribution in [-0.2, 0) is 16.1 Å². The highest BCUT2D eigenvalue weighted by Gasteiger charge is 2.38. The summed E-state index contributed by atoms with van der Waals surface area (Å²) in [6.07, 6.45) is 5.09. The minimum absolute atomic E-state index is 0.0237. The fourth-order valence-electron chi connectivity index (χ4n) is 4.50. The third kappa shape index (κ3) is 3.90. The van der Waals surface area contributed by atoms with Gasteiger partial charge in [0.25, 0.3) is 0 Å². The van der Waals surface area contributed by atoms with Gasteiger partial charge >= 0.3 is 0 Å². The van der Waals surface area contributed by atoms with Gasteiger partial charge in [0.2, 0.25) is 11.8 Å². The molecule has 5 heteroatoms. The summed E-state index contributed by atoms with van der Waals surface area (Å²) in [6, 6.07) is 12.5. The van der Waals surface area contributed by atoms with E-state index < -0.39 is 0 Å². The van der Waals surface area contributed by atoms with Gasteiger partial charge in [-0.3, -0.25) is 9.59 Å². The summed E-state index contributed by atoms with van der Waals surface area (Å²) in [5.41, 5.74) is 3.07. The van der Waals surface area contributed by atoms with Gasteiger partial charge in [0, 0.05) is 36.4 Å². The largest absolute Gasteiger partial charge is 0.348 e. The van der Waals surface area contributed by atoms with Crippen molar-refractivity contribution in [3.63, 3.8) is 0 Å². The Morgan fingerprint density at radius 2 is 1.77 bits per heavy atom. The van der Waals surface area contributed by atoms with Crippen molar-refractivity contribution in [3.8, 4) is 0 Å². The second kappa shape index (κ2) is 7.93. The molecular formula is C25H33N3O2. The lowest BCUT2D eigenvalue weighted by Crippen LogP contribution is -2.55. The highest BCUT2D eigenvalue weighted by Crippen LogP contribution is 2.34. The molecule has 0 saturated heterocycles. The van der Waals surface area contributed by atoms with Crippen molar-refractivity contribution in [2.24, 2.45) is 5.92 Å². The Balaban J connectivity index is 1.62. The first-order valence-electron chi connectivity index (χ1n) is 11.1. The van der Waals surface area contributed by atoms with Gasteiger partial charge in [0.15, 0.2) is 0 Å². The van der Waals surface area contributed by atoms with Crippen molar-refractivity contribution >= 4 is 11.8 Å². The Kier molecular flexibility index (Phi) is 5.48. The van der Waals surface area contributed by atoms with E-state index in [0.717, 1.165) is 37.1 Å². The molecule has 1 fully saturated rings. The molecule has 1 saturated carbocycles. The number of carbonyl (C=O) groups is 2. The van der Waals surface area contributed by atoms with Gasteiger partial charge in [-0.2, -0.15) is 0 Å². The van der Waals surface area contributed by atoms with Crippen LogP contribution in [0.3, 0.4) is 0 Å². The van der Waals surface area contributed by atoms with Crippen LogP contribution in [0.25, 0.3) is 0 Å². The quantitative estimate of drug-likeness (QED) is 0.764. The molecule has 1 aromatic carbocycles. The molecule has 5 nitrogen and oxygen atoms in total. The highest BCUT2D eigenvalue weighted by atomic mass is 16.2. The van der Waals surface area contributed by atoms with Crippen molar-refractivity contribution < 1.29 is 9.59 Å². The van der Waals surface area contributed by atoms with Crippen LogP contribution in [0.2, 0.25) is 0 Å². The Morgan fingerprint density at radius 1 is 1.07 bits per heavy atom. The van der Waals surface area contributed by atoms with Crippen molar-refractivity contribution in [2.45, 2.75) is 65.1 Å². The first-order valence-corrected chi connectivity index (χ1v) is 11.1. The Morgan fingerprint density at radius 3 is 2.37 bits per heavy atom. The zero-order valence-electron chi connectivity index (χ0n) is 18.6. The van der Waals surface area contributed by atoms with Crippen LogP contribution in [-0.4, -0.2) is 44.8 Å². The second-order valence-electron chi connectivity index (χ2n) is 9.75. The predicted molar refractivity (Wildman–Crippen MR) is 118 cm³/mol. The van der Waals surface area contributed by atoms with Crippen LogP contribution < -0.4 is 0 Å². The lowest BCUT2D eigenvalue weighted by molar-refractivity contribution is -0.150. The average Bonchev–Trinajstić information content (AvgIpc) is 3.12. The van der Waals surface area contributed by atoms with E-state index in [2.05, 4.69) is 48.0 Å². The SMILES string of the molecule is Cc1ccc([C@H]2c3cccn3CCN2C(=O)CN(C(=O)C2CCC2)C(C)(C)C)cc1. The van der Waals surface area contributed by atoms with Gasteiger partial charge in [-0.05, 0) is 58.2 Å². The van der Waals surface area contributed by atoms with Gasteiger partial charge in [-0.1, -0.05) is 36.2 Å². The van der Waals surface area contributed by atoms with E-state index in [0.29, 0.717) is 6.54 Å². The zero-order valence-corrected chi connectivity index (χ0v) is 18.6. The minimum atomic E-state index is -0.377. The number of fused-ring (bicyclic) bond motifs is 1. The number of aryl methyl sites for hydroxylation is 1. The van der Waals surface area contributed by atoms with Crippen LogP contribution >= 0.6 is 0 Å². The molecule has 2 heterocycles. The molecule has 1 aliphatic heterocycles. The molecule has 0 N–H and O–H groups in total. The molecule has 2 aromatic rings. The summed E-state index contributed by atoms with van der Waals surface area (Å²) in [6.45, 7) is 9.71. The molecule has 0 spiro atoms. The molecular weight excluding hydrogens is 374 g/mol. The number of rotatable bonds is 4. The molecule has 4 rings (SSSR count). The second-order valence-corrected chi connectivity index (χ2v) is 9.75. The van der Waals surface area contributed by atoms with Gasteiger partial charge in [-0.25, -0.2) is 0 Å². The number of carbonyl (C=O) groups excluding carboxylic acids is 2. The predicted octanol–water partition coefficient (Wildman–Crippen LogP) is 4.16. The van der Waals surface area contributed by atoms with Gasteiger partial charge in [-0.15, -0.1) is 0 Å². The van der Waals surface area contributed by atoms with Crippen LogP contribution in [0.15, 0.2) is 42.6 Å². The first kappa shape index (κ1) is 20.7. The smallest absolute Gasteiger partial charge is 0.243 e. The number of benzene rings is 1. The van der Waals surface area contributed by atoms with E-state index >= 15 is 0 Å². The van der Waals surface area contributed by atoms with Crippen molar-refractivity contribution in [3.05, 3.63) is 59.4 Å². The van der Waals surface area contributed by atoms with Crippen molar-refractivity contribution in [1.29, 1.82) is 0 Å². The average molecular weight is 408 g/mol. The maximum Gasteiger partial charge on any atom is 0.243 e. The van der Waals surface area contributed by atoms with Crippen molar-refractivity contribution in [1.82, 2.24) is 14.4 Å². The van der Waals surface area contributed by atoms with E-state index in [-0.39, 0.29) is 35.9 Å². The molecule has 30 heavy (non-hydrogen) atoms. The highest BCUT2D eigenvalue weighted by molar-refractivity contribution is 5.87. The molecule has 1 aliphatic carbocycles. The summed E-state index contributed by atoms with van der Waals surface area (Å²) in [7, 11) is 0. The Labute approximate surface area is 179 Å². The zero-order chi connectivity index (χ0) is 21.5. The molecule has 0 radical (unpaired) electrons. The van der Waals surface area contributed by atoms with E-state index in [9.17, 15) is 9.59 Å². The molecule has 0 unspecified atom stereocenters. The summed E-state index contributed by atoms with van der Waals surface area (Å²) in [5, 5.41) is 0. The van der Waals surface area contributed by atoms with E-state index in [1.807, 2.05) is 31.7 Å². The Hall–Kier alpha value is -2.56. The van der Waals surface area contributed by atoms with Gasteiger partial charge in [0.05, 0.1) is 6.04 Å². The number of hydrogen-bond acceptors (Lipinski definition) is 2. The fourth-order valence-corrected chi connectivity index (χ4v) is 4.50. The van der Waals surface area contributed by atoms with E-state index in [1.54, 1.807) is 4.90 Å². The van der Waals surface area contributed by atoms with Gasteiger partial charge < -0.3 is 14.4 Å². The molecule has 1 atom stereocenters. The third-order valence-electron chi connectivity index (χ3n) is 6.58. The van der Waals surface area contributed by atoms with E-state index in [4.69, 9.17) is 0 Å². The van der Waals surface area contributed by atoms with Gasteiger partial charge in [0.1, 0.15) is 6.54 Å². The maximum atomic E-state index is 13.6. The summed E-state index contributed by atoms with van der Waals surface area (Å²) >= 11 is 0. The lowest BCUT2D eigenvalue weighted by Gasteiger charge is -2.43. The normalized spacial score (nSPS) is 19.2. The topological polar surface area (TPSA) is 45.6 Å². The maximum absolute atomic E-state index is 13.6. The number of nitrogens with zero attached hydrogens (tertiary/aromatic N) is 3. The van der Waals surface area contributed by atoms with Crippen LogP contribution in [0.1, 0.15) is 62.9 Å². The monoisotopic (exact) mass is 407 g/mol. The molecule has 2 aliphatic rings. The summed E-state index contributed by atoms with van der Waals surface area (Å²) in [4.78, 5) is 30.5. The fraction of sp³-hybridized carbons (Fsp3) is 0.520. The minimum Gasteiger partial charge on any atom is -0.348 e. The summed E-state index contributed by atoms with van der Waals surface area (Å²) in [5.74, 6) is 0.244. The Bertz CT molecular complexity index is 919. The standard InChI is InChI=1S/C25H33N3O2/c1-18-10-12-19(13-11-18)23-21-9-6-14-26(21)15-16-27(23)22(29)17-28(25(2,3)4)24(30)20-7-5-8-20/h6,9-14,20,23H,5,7-8,15-17H2,1-4H3/t23-/m0/s1. The van der Waals surface area contributed by atoms with Crippen LogP contribution in [0.5, 0.6) is 0 Å². The first-order chi connectivity index (χ1) is 14.3. The third-order valence-corrected chi connectivity index (χ3v) is 6.58. The van der Waals surface area contributed by atoms with Crippen LogP contribution in [0, 0.1) is 12.8 Å². The van der Waals surface area contributed by atoms with Crippen LogP contribution in [0.4, 0.5) is 0 Å². The molecule has 1 aromatic heterocycles.